The molecule has 2 aromatic carbocycles. The van der Waals surface area contributed by atoms with Crippen molar-refractivity contribution in [2.45, 2.75) is 49.8 Å². The van der Waals surface area contributed by atoms with Gasteiger partial charge in [-0.3, -0.25) is 10.1 Å². The third kappa shape index (κ3) is 4.66. The van der Waals surface area contributed by atoms with E-state index in [0.717, 1.165) is 5.56 Å². The lowest BCUT2D eigenvalue weighted by Gasteiger charge is -2.27. The number of ether oxygens (including phenoxy) is 5. The van der Waals surface area contributed by atoms with E-state index in [2.05, 4.69) is 10.6 Å². The fourth-order valence-electron chi connectivity index (χ4n) is 4.72. The van der Waals surface area contributed by atoms with Gasteiger partial charge in [-0.15, -0.1) is 0 Å². The number of nitrogens with one attached hydrogen (secondary N) is 2. The van der Waals surface area contributed by atoms with Crippen LogP contribution < -0.4 is 15.4 Å². The minimum Gasteiger partial charge on any atom is -0.497 e. The quantitative estimate of drug-likeness (QED) is 0.552. The summed E-state index contributed by atoms with van der Waals surface area (Å²) in [6.07, 6.45) is -0.816. The highest BCUT2D eigenvalue weighted by Crippen LogP contribution is 2.44. The van der Waals surface area contributed by atoms with Crippen LogP contribution in [0.3, 0.4) is 0 Å². The Hall–Kier alpha value is -2.20. The fourth-order valence-corrected chi connectivity index (χ4v) is 4.96. The Morgan fingerprint density at radius 3 is 2.68 bits per heavy atom. The van der Waals surface area contributed by atoms with Gasteiger partial charge in [0.2, 0.25) is 0 Å². The summed E-state index contributed by atoms with van der Waals surface area (Å²) in [6.45, 7) is 4.85. The third-order valence-electron chi connectivity index (χ3n) is 6.38. The highest BCUT2D eigenvalue weighted by atomic mass is 35.5. The van der Waals surface area contributed by atoms with Crippen molar-refractivity contribution >= 4 is 17.5 Å². The van der Waals surface area contributed by atoms with E-state index in [1.807, 2.05) is 38.1 Å². The van der Waals surface area contributed by atoms with Gasteiger partial charge in [0.25, 0.3) is 5.91 Å². The van der Waals surface area contributed by atoms with Crippen LogP contribution in [0.25, 0.3) is 0 Å². The lowest BCUT2D eigenvalue weighted by molar-refractivity contribution is -0.188. The summed E-state index contributed by atoms with van der Waals surface area (Å²) in [6, 6.07) is 14.6. The molecule has 5 rings (SSSR count). The molecule has 3 aliphatic heterocycles. The number of rotatable bonds is 8. The number of carbonyl (C=O) groups excluding carboxylic acids is 1. The lowest BCUT2D eigenvalue weighted by Crippen LogP contribution is -2.52. The minimum absolute atomic E-state index is 0.0826. The largest absolute Gasteiger partial charge is 0.497 e. The second-order valence-electron chi connectivity index (χ2n) is 9.27. The molecule has 0 saturated carbocycles. The molecule has 3 saturated heterocycles. The molecule has 0 spiro atoms. The van der Waals surface area contributed by atoms with Gasteiger partial charge in [-0.25, -0.2) is 0 Å². The number of amides is 1. The van der Waals surface area contributed by atoms with Crippen LogP contribution in [0.2, 0.25) is 5.02 Å². The molecular formula is C25H29ClN2O6. The van der Waals surface area contributed by atoms with Gasteiger partial charge >= 0.3 is 0 Å². The van der Waals surface area contributed by atoms with Crippen LogP contribution in [-0.2, 0) is 18.9 Å². The average Bonchev–Trinajstić information content (AvgIpc) is 3.45. The zero-order chi connectivity index (χ0) is 23.9. The summed E-state index contributed by atoms with van der Waals surface area (Å²) in [5.74, 6) is -0.284. The summed E-state index contributed by atoms with van der Waals surface area (Å²) >= 11 is 6.28. The number of fused-ring (bicyclic) bond motifs is 1. The normalized spacial score (nSPS) is 31.2. The summed E-state index contributed by atoms with van der Waals surface area (Å²) < 4.78 is 29.5. The number of hydrogen-bond acceptors (Lipinski definition) is 7. The Morgan fingerprint density at radius 1 is 1.18 bits per heavy atom. The zero-order valence-corrected chi connectivity index (χ0v) is 20.1. The molecule has 5 atom stereocenters. The maximum Gasteiger partial charge on any atom is 0.251 e. The average molecular weight is 489 g/mol. The van der Waals surface area contributed by atoms with Crippen molar-refractivity contribution in [3.8, 4) is 5.75 Å². The SMILES string of the molecule is COc1ccc(C(=O)NC[C@]23CO[C@H](CNC4OC4c4ccccc4Cl)[C@H]2OC(C)(C)O3)cc1. The van der Waals surface area contributed by atoms with E-state index in [0.29, 0.717) is 29.5 Å². The van der Waals surface area contributed by atoms with Crippen LogP contribution in [0.1, 0.15) is 35.9 Å². The number of hydrogen-bond donors (Lipinski definition) is 2. The summed E-state index contributed by atoms with van der Waals surface area (Å²) in [4.78, 5) is 12.7. The molecule has 3 heterocycles. The second kappa shape index (κ2) is 9.11. The third-order valence-corrected chi connectivity index (χ3v) is 6.73. The number of carbonyl (C=O) groups is 1. The van der Waals surface area contributed by atoms with Crippen molar-refractivity contribution in [1.29, 1.82) is 0 Å². The van der Waals surface area contributed by atoms with Crippen molar-refractivity contribution in [2.24, 2.45) is 0 Å². The number of epoxide rings is 1. The molecule has 0 bridgehead atoms. The summed E-state index contributed by atoms with van der Waals surface area (Å²) in [5, 5.41) is 7.07. The maximum atomic E-state index is 12.7. The molecule has 0 aliphatic carbocycles. The molecule has 182 valence electrons. The Balaban J connectivity index is 1.20. The molecule has 3 aliphatic rings. The molecule has 0 aromatic heterocycles. The standard InChI is InChI=1S/C25H29ClN2O6/c1-24(2)33-21-19(12-27-23-20(32-23)17-6-4-5-7-18(17)26)31-14-25(21,34-24)13-28-22(29)15-8-10-16(30-3)11-9-15/h4-11,19-21,23,27H,12-14H2,1-3H3,(H,28,29)/t19-,20?,21-,23?,25+/m1/s1. The monoisotopic (exact) mass is 488 g/mol. The van der Waals surface area contributed by atoms with E-state index in [1.165, 1.54) is 0 Å². The lowest BCUT2D eigenvalue weighted by atomic mass is 9.96. The molecule has 2 aromatic rings. The van der Waals surface area contributed by atoms with Crippen LogP contribution in [-0.4, -0.2) is 62.5 Å². The molecule has 3 fully saturated rings. The highest BCUT2D eigenvalue weighted by Gasteiger charge is 2.61. The van der Waals surface area contributed by atoms with Gasteiger partial charge in [-0.2, -0.15) is 0 Å². The van der Waals surface area contributed by atoms with Gasteiger partial charge in [-0.05, 0) is 44.2 Å². The van der Waals surface area contributed by atoms with E-state index in [-0.39, 0.29) is 37.0 Å². The predicted octanol–water partition coefficient (Wildman–Crippen LogP) is 3.05. The maximum absolute atomic E-state index is 12.7. The number of halogens is 1. The first-order valence-electron chi connectivity index (χ1n) is 11.4. The van der Waals surface area contributed by atoms with Crippen molar-refractivity contribution in [3.05, 3.63) is 64.7 Å². The van der Waals surface area contributed by atoms with E-state index < -0.39 is 11.4 Å². The van der Waals surface area contributed by atoms with E-state index in [4.69, 9.17) is 35.3 Å². The first kappa shape index (κ1) is 23.5. The van der Waals surface area contributed by atoms with Crippen molar-refractivity contribution in [3.63, 3.8) is 0 Å². The minimum atomic E-state index is -0.784. The second-order valence-corrected chi connectivity index (χ2v) is 9.68. The van der Waals surface area contributed by atoms with Crippen LogP contribution in [0.4, 0.5) is 0 Å². The molecule has 2 N–H and O–H groups in total. The molecule has 1 amide bonds. The van der Waals surface area contributed by atoms with Crippen LogP contribution >= 0.6 is 11.6 Å². The predicted molar refractivity (Wildman–Crippen MR) is 125 cm³/mol. The van der Waals surface area contributed by atoms with Crippen molar-refractivity contribution < 1.29 is 28.5 Å². The Kier molecular flexibility index (Phi) is 6.31. The highest BCUT2D eigenvalue weighted by molar-refractivity contribution is 6.31. The first-order valence-corrected chi connectivity index (χ1v) is 11.7. The van der Waals surface area contributed by atoms with Crippen molar-refractivity contribution in [1.82, 2.24) is 10.6 Å². The van der Waals surface area contributed by atoms with Gasteiger partial charge in [0.1, 0.15) is 29.8 Å². The topological polar surface area (TPSA) is 90.6 Å². The Labute approximate surface area is 203 Å². The Bertz CT molecular complexity index is 1050. The summed E-state index contributed by atoms with van der Waals surface area (Å²) in [7, 11) is 1.59. The number of benzene rings is 2. The van der Waals surface area contributed by atoms with Crippen LogP contribution in [0.15, 0.2) is 48.5 Å². The molecule has 34 heavy (non-hydrogen) atoms. The van der Waals surface area contributed by atoms with Crippen molar-refractivity contribution in [2.75, 3.05) is 26.8 Å². The zero-order valence-electron chi connectivity index (χ0n) is 19.4. The van der Waals surface area contributed by atoms with Gasteiger partial charge in [0.05, 0.1) is 26.4 Å². The van der Waals surface area contributed by atoms with Gasteiger partial charge in [-0.1, -0.05) is 29.8 Å². The van der Waals surface area contributed by atoms with Crippen LogP contribution in [0.5, 0.6) is 5.75 Å². The smallest absolute Gasteiger partial charge is 0.251 e. The van der Waals surface area contributed by atoms with E-state index in [9.17, 15) is 4.79 Å². The van der Waals surface area contributed by atoms with Gasteiger partial charge in [0, 0.05) is 22.7 Å². The fraction of sp³-hybridized carbons (Fsp3) is 0.480. The molecular weight excluding hydrogens is 460 g/mol. The van der Waals surface area contributed by atoms with Gasteiger partial charge in [0.15, 0.2) is 5.79 Å². The summed E-state index contributed by atoms with van der Waals surface area (Å²) in [5.41, 5.74) is 0.733. The molecule has 9 heteroatoms. The molecule has 2 unspecified atom stereocenters. The number of methoxy groups -OCH3 is 1. The first-order chi connectivity index (χ1) is 16.3. The molecule has 0 radical (unpaired) electrons. The van der Waals surface area contributed by atoms with Gasteiger partial charge < -0.3 is 29.0 Å². The Morgan fingerprint density at radius 2 is 1.94 bits per heavy atom. The van der Waals surface area contributed by atoms with Crippen LogP contribution in [0, 0.1) is 0 Å². The van der Waals surface area contributed by atoms with E-state index >= 15 is 0 Å². The van der Waals surface area contributed by atoms with E-state index in [1.54, 1.807) is 31.4 Å². The molecule has 8 nitrogen and oxygen atoms in total.